The first-order valence-corrected chi connectivity index (χ1v) is 6.95. The molecule has 1 atom stereocenters. The summed E-state index contributed by atoms with van der Waals surface area (Å²) < 4.78 is 10.8. The molecule has 1 aliphatic rings. The molecule has 5 nitrogen and oxygen atoms in total. The van der Waals surface area contributed by atoms with Crippen molar-refractivity contribution in [1.82, 2.24) is 4.90 Å². The number of hydrogen-bond donors (Lipinski definition) is 1. The number of amides is 1. The standard InChI is InChI=1S/C15H22N2O3/c1-19-14-3-2-8-17(10-14)15(18)11-20-13-6-4-12(9-16)5-7-13/h4-7,14H,2-3,8-11,16H2,1H3. The van der Waals surface area contributed by atoms with Crippen LogP contribution in [0, 0.1) is 0 Å². The van der Waals surface area contributed by atoms with Crippen LogP contribution in [-0.2, 0) is 16.1 Å². The molecule has 1 aromatic carbocycles. The highest BCUT2D eigenvalue weighted by Crippen LogP contribution is 2.14. The van der Waals surface area contributed by atoms with Crippen molar-refractivity contribution in [3.05, 3.63) is 29.8 Å². The Bertz CT molecular complexity index is 433. The van der Waals surface area contributed by atoms with Crippen LogP contribution in [0.1, 0.15) is 18.4 Å². The van der Waals surface area contributed by atoms with Crippen LogP contribution in [0.5, 0.6) is 5.75 Å². The van der Waals surface area contributed by atoms with Crippen LogP contribution >= 0.6 is 0 Å². The summed E-state index contributed by atoms with van der Waals surface area (Å²) in [4.78, 5) is 13.9. The van der Waals surface area contributed by atoms with E-state index >= 15 is 0 Å². The van der Waals surface area contributed by atoms with Crippen LogP contribution in [0.2, 0.25) is 0 Å². The lowest BCUT2D eigenvalue weighted by molar-refractivity contribution is -0.136. The number of piperidine rings is 1. The van der Waals surface area contributed by atoms with Gasteiger partial charge in [0.1, 0.15) is 5.75 Å². The lowest BCUT2D eigenvalue weighted by atomic mass is 10.1. The highest BCUT2D eigenvalue weighted by molar-refractivity contribution is 5.77. The number of carbonyl (C=O) groups excluding carboxylic acids is 1. The predicted octanol–water partition coefficient (Wildman–Crippen LogP) is 1.16. The van der Waals surface area contributed by atoms with Crippen molar-refractivity contribution < 1.29 is 14.3 Å². The molecule has 1 fully saturated rings. The van der Waals surface area contributed by atoms with Crippen molar-refractivity contribution in [1.29, 1.82) is 0 Å². The Hall–Kier alpha value is -1.59. The molecular formula is C15H22N2O3. The monoisotopic (exact) mass is 278 g/mol. The maximum Gasteiger partial charge on any atom is 0.260 e. The highest BCUT2D eigenvalue weighted by atomic mass is 16.5. The van der Waals surface area contributed by atoms with Gasteiger partial charge in [-0.25, -0.2) is 0 Å². The molecule has 5 heteroatoms. The van der Waals surface area contributed by atoms with Gasteiger partial charge in [-0.3, -0.25) is 4.79 Å². The summed E-state index contributed by atoms with van der Waals surface area (Å²) >= 11 is 0. The number of hydrogen-bond acceptors (Lipinski definition) is 4. The average molecular weight is 278 g/mol. The number of rotatable bonds is 5. The fourth-order valence-electron chi connectivity index (χ4n) is 2.32. The molecule has 0 aromatic heterocycles. The van der Waals surface area contributed by atoms with E-state index in [-0.39, 0.29) is 18.6 Å². The van der Waals surface area contributed by atoms with Gasteiger partial charge < -0.3 is 20.1 Å². The minimum atomic E-state index is 0.00894. The highest BCUT2D eigenvalue weighted by Gasteiger charge is 2.23. The van der Waals surface area contributed by atoms with E-state index < -0.39 is 0 Å². The summed E-state index contributed by atoms with van der Waals surface area (Å²) in [5.41, 5.74) is 6.58. The van der Waals surface area contributed by atoms with E-state index in [2.05, 4.69) is 0 Å². The molecule has 0 bridgehead atoms. The zero-order valence-corrected chi connectivity index (χ0v) is 11.9. The lowest BCUT2D eigenvalue weighted by Gasteiger charge is -2.31. The van der Waals surface area contributed by atoms with Gasteiger partial charge in [0, 0.05) is 26.7 Å². The quantitative estimate of drug-likeness (QED) is 0.878. The SMILES string of the molecule is COC1CCCN(C(=O)COc2ccc(CN)cc2)C1. The van der Waals surface area contributed by atoms with E-state index in [0.29, 0.717) is 18.8 Å². The smallest absolute Gasteiger partial charge is 0.260 e. The molecule has 1 aliphatic heterocycles. The molecule has 1 unspecified atom stereocenters. The van der Waals surface area contributed by atoms with Crippen LogP contribution in [-0.4, -0.2) is 43.7 Å². The molecule has 0 aliphatic carbocycles. The summed E-state index contributed by atoms with van der Waals surface area (Å²) in [6.07, 6.45) is 2.15. The molecular weight excluding hydrogens is 256 g/mol. The zero-order valence-electron chi connectivity index (χ0n) is 11.9. The lowest BCUT2D eigenvalue weighted by Crippen LogP contribution is -2.44. The maximum atomic E-state index is 12.1. The van der Waals surface area contributed by atoms with E-state index in [4.69, 9.17) is 15.2 Å². The van der Waals surface area contributed by atoms with E-state index in [1.54, 1.807) is 7.11 Å². The second kappa shape index (κ2) is 7.26. The van der Waals surface area contributed by atoms with Crippen molar-refractivity contribution >= 4 is 5.91 Å². The predicted molar refractivity (Wildman–Crippen MR) is 76.4 cm³/mol. The Morgan fingerprint density at radius 2 is 2.15 bits per heavy atom. The number of nitrogens with two attached hydrogens (primary N) is 1. The van der Waals surface area contributed by atoms with Crippen molar-refractivity contribution in [2.24, 2.45) is 5.73 Å². The second-order valence-electron chi connectivity index (χ2n) is 4.98. The van der Waals surface area contributed by atoms with Crippen LogP contribution in [0.4, 0.5) is 0 Å². The molecule has 20 heavy (non-hydrogen) atoms. The topological polar surface area (TPSA) is 64.8 Å². The van der Waals surface area contributed by atoms with Crippen molar-refractivity contribution in [3.8, 4) is 5.75 Å². The summed E-state index contributed by atoms with van der Waals surface area (Å²) in [5.74, 6) is 0.700. The van der Waals surface area contributed by atoms with E-state index in [0.717, 1.165) is 24.9 Å². The molecule has 110 valence electrons. The first-order chi connectivity index (χ1) is 9.72. The third-order valence-electron chi connectivity index (χ3n) is 3.59. The van der Waals surface area contributed by atoms with Gasteiger partial charge in [-0.15, -0.1) is 0 Å². The molecule has 1 aromatic rings. The Labute approximate surface area is 119 Å². The van der Waals surface area contributed by atoms with Crippen molar-refractivity contribution in [2.75, 3.05) is 26.8 Å². The van der Waals surface area contributed by atoms with Crippen molar-refractivity contribution in [3.63, 3.8) is 0 Å². The van der Waals surface area contributed by atoms with Gasteiger partial charge in [-0.2, -0.15) is 0 Å². The van der Waals surface area contributed by atoms with Gasteiger partial charge >= 0.3 is 0 Å². The molecule has 2 rings (SSSR count). The summed E-state index contributed by atoms with van der Waals surface area (Å²) in [6, 6.07) is 7.48. The second-order valence-corrected chi connectivity index (χ2v) is 4.98. The van der Waals surface area contributed by atoms with E-state index in [1.807, 2.05) is 29.2 Å². The Kier molecular flexibility index (Phi) is 5.38. The first-order valence-electron chi connectivity index (χ1n) is 6.95. The molecule has 1 heterocycles. The summed E-state index contributed by atoms with van der Waals surface area (Å²) in [6.45, 7) is 2.02. The van der Waals surface area contributed by atoms with Gasteiger partial charge in [0.25, 0.3) is 5.91 Å². The molecule has 0 radical (unpaired) electrons. The number of likely N-dealkylation sites (tertiary alicyclic amines) is 1. The fraction of sp³-hybridized carbons (Fsp3) is 0.533. The molecule has 0 spiro atoms. The minimum absolute atomic E-state index is 0.00894. The number of nitrogens with zero attached hydrogens (tertiary/aromatic N) is 1. The Balaban J connectivity index is 1.81. The third-order valence-corrected chi connectivity index (χ3v) is 3.59. The molecule has 2 N–H and O–H groups in total. The number of benzene rings is 1. The number of ether oxygens (including phenoxy) is 2. The van der Waals surface area contributed by atoms with E-state index in [1.165, 1.54) is 0 Å². The molecule has 1 saturated heterocycles. The van der Waals surface area contributed by atoms with Crippen LogP contribution in [0.25, 0.3) is 0 Å². The van der Waals surface area contributed by atoms with Gasteiger partial charge in [0.15, 0.2) is 6.61 Å². The van der Waals surface area contributed by atoms with E-state index in [9.17, 15) is 4.79 Å². The van der Waals surface area contributed by atoms with Gasteiger partial charge in [0.05, 0.1) is 6.10 Å². The largest absolute Gasteiger partial charge is 0.484 e. The third kappa shape index (κ3) is 3.95. The molecule has 0 saturated carbocycles. The Morgan fingerprint density at radius 1 is 1.40 bits per heavy atom. The van der Waals surface area contributed by atoms with Crippen LogP contribution in [0.3, 0.4) is 0 Å². The van der Waals surface area contributed by atoms with Gasteiger partial charge in [-0.05, 0) is 30.5 Å². The summed E-state index contributed by atoms with van der Waals surface area (Å²) in [5, 5.41) is 0. The normalized spacial score (nSPS) is 18.9. The van der Waals surface area contributed by atoms with Crippen molar-refractivity contribution in [2.45, 2.75) is 25.5 Å². The zero-order chi connectivity index (χ0) is 14.4. The Morgan fingerprint density at radius 3 is 2.80 bits per heavy atom. The molecule has 1 amide bonds. The minimum Gasteiger partial charge on any atom is -0.484 e. The number of carbonyl (C=O) groups is 1. The van der Waals surface area contributed by atoms with Crippen LogP contribution < -0.4 is 10.5 Å². The van der Waals surface area contributed by atoms with Gasteiger partial charge in [-0.1, -0.05) is 12.1 Å². The van der Waals surface area contributed by atoms with Gasteiger partial charge in [0.2, 0.25) is 0 Å². The summed E-state index contributed by atoms with van der Waals surface area (Å²) in [7, 11) is 1.69. The average Bonchev–Trinajstić information content (AvgIpc) is 2.53. The fourth-order valence-corrected chi connectivity index (χ4v) is 2.32. The number of methoxy groups -OCH3 is 1. The first kappa shape index (κ1) is 14.8. The maximum absolute atomic E-state index is 12.1. The van der Waals surface area contributed by atoms with Crippen LogP contribution in [0.15, 0.2) is 24.3 Å².